The number of ether oxygens (including phenoxy) is 2. The first-order valence-corrected chi connectivity index (χ1v) is 7.59. The molecule has 0 aliphatic heterocycles. The molecule has 19 heavy (non-hydrogen) atoms. The summed E-state index contributed by atoms with van der Waals surface area (Å²) in [5, 5.41) is 5.33. The van der Waals surface area contributed by atoms with Crippen molar-refractivity contribution in [2.24, 2.45) is 7.05 Å². The van der Waals surface area contributed by atoms with Gasteiger partial charge in [0.05, 0.1) is 12.3 Å². The summed E-state index contributed by atoms with van der Waals surface area (Å²) < 4.78 is 12.3. The molecule has 0 saturated carbocycles. The van der Waals surface area contributed by atoms with Gasteiger partial charge in [-0.25, -0.2) is 0 Å². The zero-order valence-electron chi connectivity index (χ0n) is 12.3. The number of hydrogen-bond acceptors (Lipinski definition) is 4. The second kappa shape index (κ2) is 8.55. The predicted molar refractivity (Wildman–Crippen MR) is 81.2 cm³/mol. The zero-order valence-corrected chi connectivity index (χ0v) is 13.9. The molecule has 0 fully saturated rings. The smallest absolute Gasteiger partial charge is 0.130 e. The van der Waals surface area contributed by atoms with Crippen molar-refractivity contribution in [3.63, 3.8) is 0 Å². The average molecular weight is 334 g/mol. The van der Waals surface area contributed by atoms with Crippen molar-refractivity contribution in [3.8, 4) is 0 Å². The number of nitrogens with zero attached hydrogens (tertiary/aromatic N) is 3. The Bertz CT molecular complexity index is 382. The van der Waals surface area contributed by atoms with Gasteiger partial charge in [0.15, 0.2) is 0 Å². The Labute approximate surface area is 124 Å². The van der Waals surface area contributed by atoms with Crippen LogP contribution in [0.1, 0.15) is 17.7 Å². The highest BCUT2D eigenvalue weighted by molar-refractivity contribution is 9.08. The fourth-order valence-electron chi connectivity index (χ4n) is 2.17. The van der Waals surface area contributed by atoms with Gasteiger partial charge in [-0.2, -0.15) is 5.10 Å². The molecule has 0 aliphatic carbocycles. The third kappa shape index (κ3) is 4.47. The number of rotatable bonds is 9. The molecular weight excluding hydrogens is 310 g/mol. The molecule has 1 aromatic heterocycles. The minimum Gasteiger partial charge on any atom is -0.385 e. The lowest BCUT2D eigenvalue weighted by Crippen LogP contribution is -2.31. The Morgan fingerprint density at radius 2 is 1.89 bits per heavy atom. The molecule has 1 rings (SSSR count). The zero-order chi connectivity index (χ0) is 14.3. The van der Waals surface area contributed by atoms with Gasteiger partial charge in [-0.05, 0) is 13.3 Å². The third-order valence-electron chi connectivity index (χ3n) is 3.09. The molecule has 0 N–H and O–H groups in total. The summed E-state index contributed by atoms with van der Waals surface area (Å²) in [6.07, 6.45) is 0.992. The van der Waals surface area contributed by atoms with Crippen LogP contribution in [0.15, 0.2) is 0 Å². The lowest BCUT2D eigenvalue weighted by Gasteiger charge is -2.25. The molecule has 1 aromatic rings. The van der Waals surface area contributed by atoms with Crippen LogP contribution in [-0.2, 0) is 21.9 Å². The van der Waals surface area contributed by atoms with Crippen molar-refractivity contribution in [3.05, 3.63) is 11.3 Å². The number of methoxy groups -OCH3 is 2. The summed E-state index contributed by atoms with van der Waals surface area (Å²) in [5.74, 6) is 1.17. The standard InChI is InChI=1S/C13H24BrN3O2/c1-11-12(10-14)13(16(2)15-11)17(7-9-19-4)6-5-8-18-3/h5-10H2,1-4H3. The highest BCUT2D eigenvalue weighted by Crippen LogP contribution is 2.25. The van der Waals surface area contributed by atoms with E-state index in [4.69, 9.17) is 9.47 Å². The molecule has 0 amide bonds. The van der Waals surface area contributed by atoms with Crippen molar-refractivity contribution in [2.45, 2.75) is 18.7 Å². The maximum atomic E-state index is 5.21. The lowest BCUT2D eigenvalue weighted by atomic mass is 10.2. The van der Waals surface area contributed by atoms with Crippen LogP contribution in [-0.4, -0.2) is 50.3 Å². The van der Waals surface area contributed by atoms with E-state index in [2.05, 4.69) is 25.9 Å². The van der Waals surface area contributed by atoms with Crippen LogP contribution in [0.4, 0.5) is 5.82 Å². The van der Waals surface area contributed by atoms with E-state index < -0.39 is 0 Å². The molecule has 6 heteroatoms. The number of hydrogen-bond donors (Lipinski definition) is 0. The van der Waals surface area contributed by atoms with E-state index in [9.17, 15) is 0 Å². The molecule has 0 bridgehead atoms. The summed E-state index contributed by atoms with van der Waals surface area (Å²) in [7, 11) is 5.45. The molecule has 0 saturated heterocycles. The van der Waals surface area contributed by atoms with Crippen LogP contribution >= 0.6 is 15.9 Å². The van der Waals surface area contributed by atoms with E-state index >= 15 is 0 Å². The number of halogens is 1. The van der Waals surface area contributed by atoms with Gasteiger partial charge in [-0.1, -0.05) is 15.9 Å². The topological polar surface area (TPSA) is 39.5 Å². The van der Waals surface area contributed by atoms with E-state index in [0.717, 1.165) is 37.1 Å². The fraction of sp³-hybridized carbons (Fsp3) is 0.769. The van der Waals surface area contributed by atoms with Crippen molar-refractivity contribution in [1.29, 1.82) is 0 Å². The van der Waals surface area contributed by atoms with Gasteiger partial charge in [0, 0.05) is 51.9 Å². The Kier molecular flexibility index (Phi) is 7.41. The molecule has 1 heterocycles. The lowest BCUT2D eigenvalue weighted by molar-refractivity contribution is 0.190. The maximum Gasteiger partial charge on any atom is 0.130 e. The molecule has 0 unspecified atom stereocenters. The molecule has 110 valence electrons. The van der Waals surface area contributed by atoms with Crippen LogP contribution in [0.3, 0.4) is 0 Å². The maximum absolute atomic E-state index is 5.21. The van der Waals surface area contributed by atoms with E-state index in [1.165, 1.54) is 11.4 Å². The highest BCUT2D eigenvalue weighted by Gasteiger charge is 2.18. The first-order valence-electron chi connectivity index (χ1n) is 6.47. The van der Waals surface area contributed by atoms with Gasteiger partial charge >= 0.3 is 0 Å². The van der Waals surface area contributed by atoms with Crippen molar-refractivity contribution >= 4 is 21.7 Å². The van der Waals surface area contributed by atoms with Crippen molar-refractivity contribution in [1.82, 2.24) is 9.78 Å². The molecular formula is C13H24BrN3O2. The SMILES string of the molecule is COCCCN(CCOC)c1c(CBr)c(C)nn1C. The number of anilines is 1. The Morgan fingerprint density at radius 3 is 2.47 bits per heavy atom. The summed E-state index contributed by atoms with van der Waals surface area (Å²) >= 11 is 3.55. The van der Waals surface area contributed by atoms with Gasteiger partial charge in [0.2, 0.25) is 0 Å². The van der Waals surface area contributed by atoms with Crippen molar-refractivity contribution in [2.75, 3.05) is 45.4 Å². The van der Waals surface area contributed by atoms with Crippen LogP contribution in [0, 0.1) is 6.92 Å². The number of aryl methyl sites for hydroxylation is 2. The first-order chi connectivity index (χ1) is 9.15. The molecule has 0 aromatic carbocycles. The normalized spacial score (nSPS) is 11.0. The molecule has 0 aliphatic rings. The van der Waals surface area contributed by atoms with E-state index in [1.807, 2.05) is 18.7 Å². The molecule has 0 radical (unpaired) electrons. The largest absolute Gasteiger partial charge is 0.385 e. The van der Waals surface area contributed by atoms with Crippen LogP contribution in [0.25, 0.3) is 0 Å². The van der Waals surface area contributed by atoms with Crippen LogP contribution < -0.4 is 4.90 Å². The number of alkyl halides is 1. The first kappa shape index (κ1) is 16.5. The third-order valence-corrected chi connectivity index (χ3v) is 3.65. The van der Waals surface area contributed by atoms with E-state index in [1.54, 1.807) is 14.2 Å². The Morgan fingerprint density at radius 1 is 1.21 bits per heavy atom. The number of aromatic nitrogens is 2. The van der Waals surface area contributed by atoms with E-state index in [0.29, 0.717) is 6.61 Å². The quantitative estimate of drug-likeness (QED) is 0.512. The summed E-state index contributed by atoms with van der Waals surface area (Å²) in [5.41, 5.74) is 2.32. The van der Waals surface area contributed by atoms with Crippen LogP contribution in [0.5, 0.6) is 0 Å². The second-order valence-corrected chi connectivity index (χ2v) is 5.03. The average Bonchev–Trinajstić information content (AvgIpc) is 2.68. The summed E-state index contributed by atoms with van der Waals surface area (Å²) in [6.45, 7) is 5.32. The van der Waals surface area contributed by atoms with Gasteiger partial charge in [-0.3, -0.25) is 4.68 Å². The summed E-state index contributed by atoms with van der Waals surface area (Å²) in [4.78, 5) is 2.32. The molecule has 5 nitrogen and oxygen atoms in total. The van der Waals surface area contributed by atoms with Crippen molar-refractivity contribution < 1.29 is 9.47 Å². The fourth-order valence-corrected chi connectivity index (χ4v) is 2.82. The Hall–Kier alpha value is -0.590. The second-order valence-electron chi connectivity index (χ2n) is 4.47. The molecule has 0 atom stereocenters. The van der Waals surface area contributed by atoms with Gasteiger partial charge in [0.1, 0.15) is 5.82 Å². The van der Waals surface area contributed by atoms with Gasteiger partial charge in [0.25, 0.3) is 0 Å². The summed E-state index contributed by atoms with van der Waals surface area (Å²) in [6, 6.07) is 0. The van der Waals surface area contributed by atoms with E-state index in [-0.39, 0.29) is 0 Å². The van der Waals surface area contributed by atoms with Crippen LogP contribution in [0.2, 0.25) is 0 Å². The van der Waals surface area contributed by atoms with Gasteiger partial charge < -0.3 is 14.4 Å². The minimum atomic E-state index is 0.707. The Balaban J connectivity index is 2.88. The monoisotopic (exact) mass is 333 g/mol. The minimum absolute atomic E-state index is 0.707. The predicted octanol–water partition coefficient (Wildman–Crippen LogP) is 2.11. The van der Waals surface area contributed by atoms with Gasteiger partial charge in [-0.15, -0.1) is 0 Å². The molecule has 0 spiro atoms. The highest BCUT2D eigenvalue weighted by atomic mass is 79.9.